The minimum Gasteiger partial charge on any atom is -0.501 e. The van der Waals surface area contributed by atoms with Crippen LogP contribution in [0.15, 0.2) is 5.38 Å². The van der Waals surface area contributed by atoms with Crippen LogP contribution in [0.25, 0.3) is 0 Å². The molecule has 0 saturated heterocycles. The van der Waals surface area contributed by atoms with Crippen LogP contribution in [0.1, 0.15) is 29.4 Å². The summed E-state index contributed by atoms with van der Waals surface area (Å²) in [5.74, 6) is -1.33. The first-order valence-electron chi connectivity index (χ1n) is 4.69. The fourth-order valence-electron chi connectivity index (χ4n) is 0.992. The minimum atomic E-state index is -0.741. The van der Waals surface area contributed by atoms with Crippen molar-refractivity contribution in [2.75, 3.05) is 6.61 Å². The summed E-state index contributed by atoms with van der Waals surface area (Å²) in [4.78, 5) is 20.9. The molecular weight excluding hydrogens is 234 g/mol. The highest BCUT2D eigenvalue weighted by Gasteiger charge is 2.25. The average molecular weight is 245 g/mol. The summed E-state index contributed by atoms with van der Waals surface area (Å²) in [5.41, 5.74) is -0.465. The highest BCUT2D eigenvalue weighted by Crippen LogP contribution is 2.35. The van der Waals surface area contributed by atoms with E-state index in [1.54, 1.807) is 0 Å². The maximum atomic E-state index is 11.4. The Balaban J connectivity index is 2.73. The molecule has 0 spiro atoms. The highest BCUT2D eigenvalue weighted by atomic mass is 32.1. The molecule has 0 bridgehead atoms. The molecule has 0 atom stereocenters. The Bertz CT molecular complexity index is 401. The summed E-state index contributed by atoms with van der Waals surface area (Å²) in [6, 6.07) is 0. The first-order chi connectivity index (χ1) is 7.57. The van der Waals surface area contributed by atoms with E-state index in [-0.39, 0.29) is 11.5 Å². The van der Waals surface area contributed by atoms with E-state index < -0.39 is 22.3 Å². The predicted molar refractivity (Wildman–Crippen MR) is 57.8 cm³/mol. The zero-order valence-corrected chi connectivity index (χ0v) is 9.45. The Morgan fingerprint density at radius 3 is 2.88 bits per heavy atom. The second-order valence-corrected chi connectivity index (χ2v) is 3.92. The van der Waals surface area contributed by atoms with Crippen molar-refractivity contribution in [1.82, 2.24) is 0 Å². The monoisotopic (exact) mass is 245 g/mol. The van der Waals surface area contributed by atoms with Crippen molar-refractivity contribution < 1.29 is 19.6 Å². The molecule has 0 fully saturated rings. The predicted octanol–water partition coefficient (Wildman–Crippen LogP) is 2.32. The summed E-state index contributed by atoms with van der Waals surface area (Å²) in [6.45, 7) is 2.20. The van der Waals surface area contributed by atoms with Gasteiger partial charge in [-0.3, -0.25) is 10.1 Å². The zero-order valence-electron chi connectivity index (χ0n) is 8.63. The number of carbonyl (C=O) groups excluding carboxylic acids is 1. The number of nitrogens with zero attached hydrogens (tertiary/aromatic N) is 1. The van der Waals surface area contributed by atoms with Crippen LogP contribution in [0.4, 0.5) is 5.69 Å². The normalized spacial score (nSPS) is 10.1. The van der Waals surface area contributed by atoms with Crippen LogP contribution in [0.3, 0.4) is 0 Å². The summed E-state index contributed by atoms with van der Waals surface area (Å²) in [5, 5.41) is 20.9. The minimum absolute atomic E-state index is 0.122. The molecule has 6 nitrogen and oxygen atoms in total. The lowest BCUT2D eigenvalue weighted by atomic mass is 10.3. The molecule has 1 rings (SSSR count). The molecule has 7 heteroatoms. The first kappa shape index (κ1) is 12.4. The summed E-state index contributed by atoms with van der Waals surface area (Å²) in [7, 11) is 0. The lowest BCUT2D eigenvalue weighted by Gasteiger charge is -2.01. The molecule has 0 aliphatic carbocycles. The Morgan fingerprint density at radius 2 is 2.38 bits per heavy atom. The van der Waals surface area contributed by atoms with Crippen LogP contribution < -0.4 is 0 Å². The van der Waals surface area contributed by atoms with Gasteiger partial charge >= 0.3 is 11.7 Å². The Hall–Kier alpha value is -1.63. The van der Waals surface area contributed by atoms with Crippen LogP contribution in [-0.4, -0.2) is 22.6 Å². The molecule has 0 amide bonds. The number of esters is 1. The van der Waals surface area contributed by atoms with Gasteiger partial charge < -0.3 is 9.84 Å². The van der Waals surface area contributed by atoms with Crippen molar-refractivity contribution in [3.05, 3.63) is 20.4 Å². The standard InChI is InChI=1S/C9H11NO5S/c1-2-3-4-15-9(12)8-7(11)6(5-16-8)10(13)14/h5,11H,2-4H2,1H3. The molecule has 16 heavy (non-hydrogen) atoms. The highest BCUT2D eigenvalue weighted by molar-refractivity contribution is 7.12. The SMILES string of the molecule is CCCCOC(=O)c1scc([N+](=O)[O-])c1O. The number of hydrogen-bond acceptors (Lipinski definition) is 6. The zero-order chi connectivity index (χ0) is 12.1. The van der Waals surface area contributed by atoms with Gasteiger partial charge in [-0.25, -0.2) is 4.79 Å². The molecule has 0 aliphatic rings. The number of carbonyl (C=O) groups is 1. The quantitative estimate of drug-likeness (QED) is 0.372. The second-order valence-electron chi connectivity index (χ2n) is 3.05. The molecule has 1 aromatic heterocycles. The van der Waals surface area contributed by atoms with E-state index in [0.717, 1.165) is 29.6 Å². The van der Waals surface area contributed by atoms with Crippen molar-refractivity contribution >= 4 is 23.0 Å². The number of nitro groups is 1. The molecule has 0 unspecified atom stereocenters. The Labute approximate surface area is 95.6 Å². The Morgan fingerprint density at radius 1 is 1.69 bits per heavy atom. The third-order valence-electron chi connectivity index (χ3n) is 1.86. The first-order valence-corrected chi connectivity index (χ1v) is 5.57. The maximum Gasteiger partial charge on any atom is 0.352 e. The molecule has 0 saturated carbocycles. The third-order valence-corrected chi connectivity index (χ3v) is 2.80. The molecule has 1 N–H and O–H groups in total. The van der Waals surface area contributed by atoms with Crippen LogP contribution in [0, 0.1) is 10.1 Å². The number of ether oxygens (including phenoxy) is 1. The molecular formula is C9H11NO5S. The van der Waals surface area contributed by atoms with Gasteiger partial charge in [-0.05, 0) is 6.42 Å². The van der Waals surface area contributed by atoms with Gasteiger partial charge in [-0.1, -0.05) is 13.3 Å². The molecule has 1 heterocycles. The van der Waals surface area contributed by atoms with Crippen LogP contribution in [-0.2, 0) is 4.74 Å². The number of unbranched alkanes of at least 4 members (excludes halogenated alkanes) is 1. The smallest absolute Gasteiger partial charge is 0.352 e. The maximum absolute atomic E-state index is 11.4. The number of thiophene rings is 1. The van der Waals surface area contributed by atoms with E-state index >= 15 is 0 Å². The van der Waals surface area contributed by atoms with Gasteiger partial charge in [0.25, 0.3) is 0 Å². The average Bonchev–Trinajstić information content (AvgIpc) is 2.60. The summed E-state index contributed by atoms with van der Waals surface area (Å²) < 4.78 is 4.83. The van der Waals surface area contributed by atoms with E-state index in [1.807, 2.05) is 6.92 Å². The van der Waals surface area contributed by atoms with Gasteiger partial charge in [-0.2, -0.15) is 0 Å². The molecule has 1 aromatic rings. The van der Waals surface area contributed by atoms with Gasteiger partial charge in [0.05, 0.1) is 16.9 Å². The topological polar surface area (TPSA) is 89.7 Å². The van der Waals surface area contributed by atoms with Crippen LogP contribution in [0.5, 0.6) is 5.75 Å². The van der Waals surface area contributed by atoms with Crippen molar-refractivity contribution in [3.8, 4) is 5.75 Å². The van der Waals surface area contributed by atoms with Gasteiger partial charge in [0, 0.05) is 0 Å². The molecule has 0 aliphatic heterocycles. The van der Waals surface area contributed by atoms with Gasteiger partial charge in [0.2, 0.25) is 5.75 Å². The van der Waals surface area contributed by atoms with Gasteiger partial charge in [0.1, 0.15) is 0 Å². The molecule has 88 valence electrons. The van der Waals surface area contributed by atoms with E-state index in [1.165, 1.54) is 0 Å². The summed E-state index contributed by atoms with van der Waals surface area (Å²) in [6.07, 6.45) is 1.60. The fraction of sp³-hybridized carbons (Fsp3) is 0.444. The van der Waals surface area contributed by atoms with Crippen molar-refractivity contribution in [2.24, 2.45) is 0 Å². The van der Waals surface area contributed by atoms with E-state index in [9.17, 15) is 20.0 Å². The van der Waals surface area contributed by atoms with Crippen molar-refractivity contribution in [1.29, 1.82) is 0 Å². The lowest BCUT2D eigenvalue weighted by Crippen LogP contribution is -2.04. The van der Waals surface area contributed by atoms with Crippen molar-refractivity contribution in [3.63, 3.8) is 0 Å². The van der Waals surface area contributed by atoms with Gasteiger partial charge in [0.15, 0.2) is 4.88 Å². The Kier molecular flexibility index (Phi) is 4.24. The number of aromatic hydroxyl groups is 1. The van der Waals surface area contributed by atoms with Gasteiger partial charge in [-0.15, -0.1) is 11.3 Å². The second kappa shape index (κ2) is 5.45. The molecule has 0 radical (unpaired) electrons. The van der Waals surface area contributed by atoms with Crippen LogP contribution >= 0.6 is 11.3 Å². The summed E-state index contributed by atoms with van der Waals surface area (Å²) >= 11 is 0.804. The van der Waals surface area contributed by atoms with Crippen LogP contribution in [0.2, 0.25) is 0 Å². The molecule has 0 aromatic carbocycles. The van der Waals surface area contributed by atoms with E-state index in [0.29, 0.717) is 0 Å². The third kappa shape index (κ3) is 2.69. The fourth-order valence-corrected chi connectivity index (χ4v) is 1.79. The lowest BCUT2D eigenvalue weighted by molar-refractivity contribution is -0.385. The van der Waals surface area contributed by atoms with E-state index in [2.05, 4.69) is 0 Å². The number of rotatable bonds is 5. The number of hydrogen-bond donors (Lipinski definition) is 1. The van der Waals surface area contributed by atoms with Crippen molar-refractivity contribution in [2.45, 2.75) is 19.8 Å². The van der Waals surface area contributed by atoms with E-state index in [4.69, 9.17) is 4.74 Å². The largest absolute Gasteiger partial charge is 0.501 e.